The van der Waals surface area contributed by atoms with E-state index in [1.807, 2.05) is 0 Å². The van der Waals surface area contributed by atoms with Crippen LogP contribution in [0.5, 0.6) is 0 Å². The fourth-order valence-corrected chi connectivity index (χ4v) is 15.3. The van der Waals surface area contributed by atoms with E-state index >= 15 is 0 Å². The van der Waals surface area contributed by atoms with Crippen molar-refractivity contribution in [3.8, 4) is 0 Å². The summed E-state index contributed by atoms with van der Waals surface area (Å²) in [4.78, 5) is 17.8. The van der Waals surface area contributed by atoms with Crippen LogP contribution in [0.4, 0.5) is 0 Å². The molecule has 8 saturated carbocycles. The maximum absolute atomic E-state index is 8.89. The van der Waals surface area contributed by atoms with Gasteiger partial charge in [-0.1, -0.05) is 21.3 Å². The SMILES string of the molecule is CC(=O)[O-].CC(=O)[O-].CCCP(C12CC3CC(CC(C3)C1)C2)C12CC3CC(CC(C3)C1)C2.[Pd+2]. The molecule has 0 spiro atoms. The Morgan fingerprint density at radius 2 is 0.879 bits per heavy atom. The van der Waals surface area contributed by atoms with Gasteiger partial charge in [0.2, 0.25) is 0 Å². The molecule has 8 aliphatic carbocycles. The first kappa shape index (κ1) is 27.6. The van der Waals surface area contributed by atoms with Gasteiger partial charge in [-0.2, -0.15) is 0 Å². The summed E-state index contributed by atoms with van der Waals surface area (Å²) in [5.41, 5.74) is 0. The van der Waals surface area contributed by atoms with Crippen molar-refractivity contribution in [2.45, 2.75) is 115 Å². The van der Waals surface area contributed by atoms with Gasteiger partial charge in [0, 0.05) is 11.9 Å². The molecule has 0 atom stereocenters. The number of rotatable bonds is 4. The van der Waals surface area contributed by atoms with Crippen molar-refractivity contribution in [2.24, 2.45) is 35.5 Å². The molecule has 0 N–H and O–H groups in total. The first-order valence-electron chi connectivity index (χ1n) is 13.3. The van der Waals surface area contributed by atoms with Gasteiger partial charge in [0.05, 0.1) is 0 Å². The largest absolute Gasteiger partial charge is 2.00 e. The van der Waals surface area contributed by atoms with Crippen LogP contribution >= 0.6 is 7.92 Å². The van der Waals surface area contributed by atoms with Crippen LogP contribution in [0.3, 0.4) is 0 Å². The van der Waals surface area contributed by atoms with Gasteiger partial charge >= 0.3 is 20.4 Å². The second-order valence-corrected chi connectivity index (χ2v) is 15.6. The standard InChI is InChI=1S/C23H37P.2C2H4O2.Pd/c1-2-3-24(22-10-16-4-17(11-22)6-18(5-16)12-22)23-13-19-7-20(14-23)9-21(8-19)15-23;2*1-2(3)4;/h16-21H,2-15H2,1H3;2*1H3,(H,3,4);/q;;;+2/p-2. The molecule has 0 unspecified atom stereocenters. The van der Waals surface area contributed by atoms with E-state index in [2.05, 4.69) is 6.92 Å². The molecular formula is C27H43O4PPd. The van der Waals surface area contributed by atoms with Crippen LogP contribution in [0.1, 0.15) is 104 Å². The Balaban J connectivity index is 0.000000300. The van der Waals surface area contributed by atoms with E-state index in [0.717, 1.165) is 59.7 Å². The molecule has 6 heteroatoms. The Morgan fingerprint density at radius 1 is 0.667 bits per heavy atom. The molecule has 8 bridgehead atoms. The fourth-order valence-electron chi connectivity index (χ4n) is 9.99. The van der Waals surface area contributed by atoms with Crippen LogP contribution < -0.4 is 10.2 Å². The number of carboxylic acid groups (broad SMARTS) is 2. The number of carbonyl (C=O) groups excluding carboxylic acids is 2. The van der Waals surface area contributed by atoms with Crippen LogP contribution in [0.15, 0.2) is 0 Å². The maximum Gasteiger partial charge on any atom is 2.00 e. The molecule has 0 amide bonds. The topological polar surface area (TPSA) is 80.3 Å². The number of carboxylic acids is 2. The van der Waals surface area contributed by atoms with E-state index in [0.29, 0.717) is 7.92 Å². The van der Waals surface area contributed by atoms with Crippen molar-refractivity contribution < 1.29 is 40.2 Å². The van der Waals surface area contributed by atoms with Gasteiger partial charge in [-0.25, -0.2) is 0 Å². The monoisotopic (exact) mass is 568 g/mol. The third-order valence-electron chi connectivity index (χ3n) is 9.60. The van der Waals surface area contributed by atoms with E-state index in [-0.39, 0.29) is 20.4 Å². The molecule has 8 fully saturated rings. The third kappa shape index (κ3) is 6.06. The Kier molecular flexibility index (Phi) is 9.18. The number of hydrogen-bond donors (Lipinski definition) is 0. The molecule has 8 aliphatic rings. The zero-order valence-electron chi connectivity index (χ0n) is 20.8. The van der Waals surface area contributed by atoms with Gasteiger partial charge in [-0.05, 0) is 143 Å². The fraction of sp³-hybridized carbons (Fsp3) is 0.926. The van der Waals surface area contributed by atoms with Crippen molar-refractivity contribution in [1.82, 2.24) is 0 Å². The molecule has 0 saturated heterocycles. The number of carbonyl (C=O) groups is 2. The average Bonchev–Trinajstić information content (AvgIpc) is 2.62. The van der Waals surface area contributed by atoms with Crippen LogP contribution in [0.2, 0.25) is 0 Å². The van der Waals surface area contributed by atoms with Gasteiger partial charge in [0.15, 0.2) is 0 Å². The minimum absolute atomic E-state index is 0. The van der Waals surface area contributed by atoms with E-state index in [1.54, 1.807) is 83.2 Å². The Hall–Kier alpha value is 0.0323. The molecule has 4 nitrogen and oxygen atoms in total. The summed E-state index contributed by atoms with van der Waals surface area (Å²) < 4.78 is 0. The van der Waals surface area contributed by atoms with Gasteiger partial charge in [0.1, 0.15) is 0 Å². The van der Waals surface area contributed by atoms with Gasteiger partial charge in [-0.15, -0.1) is 0 Å². The molecule has 0 aromatic rings. The molecular weight excluding hydrogens is 526 g/mol. The molecule has 33 heavy (non-hydrogen) atoms. The Bertz CT molecular complexity index is 574. The van der Waals surface area contributed by atoms with Crippen LogP contribution in [-0.4, -0.2) is 28.4 Å². The zero-order chi connectivity index (χ0) is 23.1. The minimum Gasteiger partial charge on any atom is -0.550 e. The summed E-state index contributed by atoms with van der Waals surface area (Å²) >= 11 is 0. The second-order valence-electron chi connectivity index (χ2n) is 12.4. The third-order valence-corrected chi connectivity index (χ3v) is 13.9. The van der Waals surface area contributed by atoms with Crippen molar-refractivity contribution in [2.75, 3.05) is 6.16 Å². The average molecular weight is 569 g/mol. The summed E-state index contributed by atoms with van der Waals surface area (Å²) in [6, 6.07) is 0. The molecule has 8 rings (SSSR count). The summed E-state index contributed by atoms with van der Waals surface area (Å²) in [6.45, 7) is 4.45. The smallest absolute Gasteiger partial charge is 0.550 e. The summed E-state index contributed by atoms with van der Waals surface area (Å²) in [7, 11) is 0.291. The molecule has 0 aromatic heterocycles. The normalized spacial score (nSPS) is 44.0. The Morgan fingerprint density at radius 3 is 1.06 bits per heavy atom. The first-order valence-corrected chi connectivity index (χ1v) is 14.8. The summed E-state index contributed by atoms with van der Waals surface area (Å²) in [6.07, 6.45) is 23.1. The van der Waals surface area contributed by atoms with E-state index in [9.17, 15) is 0 Å². The molecule has 0 aliphatic heterocycles. The van der Waals surface area contributed by atoms with Crippen molar-refractivity contribution in [3.05, 3.63) is 0 Å². The molecule has 0 radical (unpaired) electrons. The van der Waals surface area contributed by atoms with Gasteiger partial charge in [-0.3, -0.25) is 0 Å². The quantitative estimate of drug-likeness (QED) is 0.374. The molecule has 0 heterocycles. The minimum atomic E-state index is -1.08. The van der Waals surface area contributed by atoms with E-state index in [1.165, 1.54) is 6.42 Å². The zero-order valence-corrected chi connectivity index (χ0v) is 23.2. The summed E-state index contributed by atoms with van der Waals surface area (Å²) in [5, 5.41) is 19.5. The van der Waals surface area contributed by atoms with Crippen LogP contribution in [0.25, 0.3) is 0 Å². The van der Waals surface area contributed by atoms with E-state index < -0.39 is 11.9 Å². The van der Waals surface area contributed by atoms with Crippen molar-refractivity contribution >= 4 is 19.9 Å². The van der Waals surface area contributed by atoms with Crippen molar-refractivity contribution in [3.63, 3.8) is 0 Å². The number of aliphatic carboxylic acids is 2. The molecule has 0 aromatic carbocycles. The Labute approximate surface area is 215 Å². The second kappa shape index (κ2) is 11.0. The van der Waals surface area contributed by atoms with Crippen LogP contribution in [0, 0.1) is 35.5 Å². The number of hydrogen-bond acceptors (Lipinski definition) is 4. The van der Waals surface area contributed by atoms with E-state index in [4.69, 9.17) is 19.8 Å². The van der Waals surface area contributed by atoms with Gasteiger partial charge in [0.25, 0.3) is 0 Å². The maximum atomic E-state index is 8.89. The summed E-state index contributed by atoms with van der Waals surface area (Å²) in [5.74, 6) is 4.79. The van der Waals surface area contributed by atoms with Gasteiger partial charge < -0.3 is 19.8 Å². The first-order chi connectivity index (χ1) is 15.1. The van der Waals surface area contributed by atoms with Crippen molar-refractivity contribution in [1.29, 1.82) is 0 Å². The van der Waals surface area contributed by atoms with Crippen LogP contribution in [-0.2, 0) is 30.0 Å². The predicted octanol–water partition coefficient (Wildman–Crippen LogP) is 4.33. The predicted molar refractivity (Wildman–Crippen MR) is 125 cm³/mol. The molecule has 190 valence electrons.